The molecule has 11 heavy (non-hydrogen) atoms. The van der Waals surface area contributed by atoms with Gasteiger partial charge in [-0.3, -0.25) is 4.79 Å². The van der Waals surface area contributed by atoms with E-state index in [1.807, 2.05) is 0 Å². The zero-order valence-electron chi connectivity index (χ0n) is 5.49. The van der Waals surface area contributed by atoms with Gasteiger partial charge in [0.1, 0.15) is 0 Å². The second kappa shape index (κ2) is 82.9. The van der Waals surface area contributed by atoms with Crippen molar-refractivity contribution in [3.05, 3.63) is 0 Å². The third-order valence-corrected chi connectivity index (χ3v) is 0. The van der Waals surface area contributed by atoms with Crippen LogP contribution in [0.3, 0.4) is 0 Å². The van der Waals surface area contributed by atoms with Crippen LogP contribution < -0.4 is 0 Å². The van der Waals surface area contributed by atoms with E-state index in [2.05, 4.69) is 0 Å². The Labute approximate surface area is 83.6 Å². The topological polar surface area (TPSA) is 195 Å². The second-order valence-corrected chi connectivity index (χ2v) is 0.519. The Hall–Kier alpha value is 0.257. The van der Waals surface area contributed by atoms with Crippen LogP contribution in [0.1, 0.15) is 6.92 Å². The molecule has 0 fully saturated rings. The molecular weight excluding hydrogens is 253 g/mol. The van der Waals surface area contributed by atoms with Gasteiger partial charge in [0.15, 0.2) is 0 Å². The molecule has 7 nitrogen and oxygen atoms in total. The van der Waals surface area contributed by atoms with E-state index in [1.54, 1.807) is 0 Å². The molecule has 0 rings (SSSR count). The van der Waals surface area contributed by atoms with Gasteiger partial charge in [-0.1, -0.05) is 0 Å². The van der Waals surface area contributed by atoms with E-state index in [9.17, 15) is 0 Å². The van der Waals surface area contributed by atoms with E-state index in [-0.39, 0.29) is 60.4 Å². The van der Waals surface area contributed by atoms with Crippen molar-refractivity contribution in [3.63, 3.8) is 0 Å². The van der Waals surface area contributed by atoms with E-state index < -0.39 is 5.97 Å². The quantitative estimate of drug-likeness (QED) is 0.436. The monoisotopic (exact) mass is 266 g/mol. The molecule has 0 aliphatic carbocycles. The molecule has 0 radical (unpaired) electrons. The van der Waals surface area contributed by atoms with Gasteiger partial charge in [-0.15, -0.1) is 0 Å². The van der Waals surface area contributed by atoms with E-state index in [4.69, 9.17) is 9.90 Å². The van der Waals surface area contributed by atoms with Gasteiger partial charge in [0.05, 0.1) is 0 Å². The Balaban J connectivity index is -0.00000000214. The maximum absolute atomic E-state index is 9.00. The molecule has 0 atom stereocenters. The maximum Gasteiger partial charge on any atom is 0.300 e. The van der Waals surface area contributed by atoms with Gasteiger partial charge < -0.3 is 32.5 Å². The van der Waals surface area contributed by atoms with Gasteiger partial charge in [-0.2, -0.15) is 0 Å². The van der Waals surface area contributed by atoms with Crippen molar-refractivity contribution >= 4 is 5.97 Å². The van der Waals surface area contributed by atoms with Gasteiger partial charge >= 0.3 is 0 Å². The summed E-state index contributed by atoms with van der Waals surface area (Å²) in [5.74, 6) is -0.833. The minimum atomic E-state index is -0.833. The molecule has 9 heteroatoms. The fourth-order valence-corrected chi connectivity index (χ4v) is 0. The van der Waals surface area contributed by atoms with Crippen LogP contribution in [-0.2, 0) is 37.8 Å². The van der Waals surface area contributed by atoms with Gasteiger partial charge in [0.25, 0.3) is 5.97 Å². The summed E-state index contributed by atoms with van der Waals surface area (Å²) >= 11 is 0. The molecule has 0 bridgehead atoms. The summed E-state index contributed by atoms with van der Waals surface area (Å²) in [6.07, 6.45) is 0. The van der Waals surface area contributed by atoms with Crippen LogP contribution in [0.4, 0.5) is 0 Å². The molecule has 0 amide bonds. The van der Waals surface area contributed by atoms with Gasteiger partial charge in [-0.25, -0.2) is 0 Å². The summed E-state index contributed by atoms with van der Waals surface area (Å²) < 4.78 is 0. The second-order valence-electron chi connectivity index (χ2n) is 0.519. The fourth-order valence-electron chi connectivity index (χ4n) is 0. The van der Waals surface area contributed by atoms with E-state index in [0.717, 1.165) is 6.92 Å². The average Bonchev–Trinajstić information content (AvgIpc) is 0.811. The van der Waals surface area contributed by atoms with Crippen LogP contribution in [0, 0.1) is 0 Å². The average molecular weight is 268 g/mol. The number of hydrogen-bond acceptors (Lipinski definition) is 1. The van der Waals surface area contributed by atoms with Crippen LogP contribution in [0.5, 0.6) is 0 Å². The van der Waals surface area contributed by atoms with Crippen molar-refractivity contribution in [3.8, 4) is 0 Å². The summed E-state index contributed by atoms with van der Waals surface area (Å²) in [6.45, 7) is 1.08. The summed E-state index contributed by atoms with van der Waals surface area (Å²) in [4.78, 5) is 9.00. The minimum absolute atomic E-state index is 0. The Kier molecular flexibility index (Phi) is 841. The number of carboxylic acid groups (broad SMARTS) is 1. The molecule has 0 aliphatic rings. The van der Waals surface area contributed by atoms with Crippen LogP contribution in [0.2, 0.25) is 0 Å². The summed E-state index contributed by atoms with van der Waals surface area (Å²) in [5.41, 5.74) is 0. The number of hydrogen-bond donors (Lipinski definition) is 1. The van der Waals surface area contributed by atoms with Gasteiger partial charge in [0, 0.05) is 39.9 Å². The van der Waals surface area contributed by atoms with Gasteiger partial charge in [-0.05, 0) is 0 Å². The Morgan fingerprint density at radius 1 is 0.909 bits per heavy atom. The molecule has 0 saturated heterocycles. The number of aliphatic carboxylic acids is 1. The standard InChI is InChI=1S/C2H4O2.2Ni.5H2O/c1-2(3)4;;;;;;;/h1H3,(H,3,4);;;5*1H2. The van der Waals surface area contributed by atoms with Crippen LogP contribution in [0.15, 0.2) is 0 Å². The van der Waals surface area contributed by atoms with Crippen LogP contribution in [0.25, 0.3) is 0 Å². The van der Waals surface area contributed by atoms with E-state index in [0.29, 0.717) is 0 Å². The molecule has 0 aromatic carbocycles. The number of carbonyl (C=O) groups is 1. The minimum Gasteiger partial charge on any atom is -0.481 e. The third kappa shape index (κ3) is 10600. The summed E-state index contributed by atoms with van der Waals surface area (Å²) in [7, 11) is 0. The molecular formula is C2H14Ni2O7. The number of rotatable bonds is 0. The Morgan fingerprint density at radius 3 is 0.909 bits per heavy atom. The molecule has 0 aromatic rings. The van der Waals surface area contributed by atoms with Crippen molar-refractivity contribution in [2.45, 2.75) is 6.92 Å². The van der Waals surface area contributed by atoms with Crippen LogP contribution in [-0.4, -0.2) is 38.5 Å². The van der Waals surface area contributed by atoms with E-state index >= 15 is 0 Å². The molecule has 11 N–H and O–H groups in total. The zero-order chi connectivity index (χ0) is 3.58. The van der Waals surface area contributed by atoms with Crippen molar-refractivity contribution in [2.24, 2.45) is 0 Å². The number of carboxylic acids is 1. The first-order valence-electron chi connectivity index (χ1n) is 0.928. The predicted molar refractivity (Wildman–Crippen MR) is 31.4 cm³/mol. The first-order valence-corrected chi connectivity index (χ1v) is 0.928. The summed E-state index contributed by atoms with van der Waals surface area (Å²) in [6, 6.07) is 0. The summed E-state index contributed by atoms with van der Waals surface area (Å²) in [5, 5.41) is 7.42. The molecule has 84 valence electrons. The largest absolute Gasteiger partial charge is 0.481 e. The van der Waals surface area contributed by atoms with Crippen molar-refractivity contribution < 1.29 is 70.3 Å². The first-order chi connectivity index (χ1) is 1.73. The maximum atomic E-state index is 9.00. The molecule has 0 spiro atoms. The molecule has 0 heterocycles. The zero-order valence-corrected chi connectivity index (χ0v) is 7.46. The fraction of sp³-hybridized carbons (Fsp3) is 0.500. The Morgan fingerprint density at radius 2 is 0.909 bits per heavy atom. The molecule has 0 unspecified atom stereocenters. The van der Waals surface area contributed by atoms with Crippen molar-refractivity contribution in [2.75, 3.05) is 0 Å². The van der Waals surface area contributed by atoms with Crippen LogP contribution >= 0.6 is 0 Å². The first kappa shape index (κ1) is 112. The smallest absolute Gasteiger partial charge is 0.300 e. The molecule has 0 saturated carbocycles. The molecule has 0 aromatic heterocycles. The molecule has 0 aliphatic heterocycles. The Bertz CT molecular complexity index is 37.4. The van der Waals surface area contributed by atoms with Crippen molar-refractivity contribution in [1.82, 2.24) is 0 Å². The van der Waals surface area contributed by atoms with Crippen molar-refractivity contribution in [1.29, 1.82) is 0 Å². The SMILES string of the molecule is CC(=O)O.O.O.O.O.O.[Ni].[Ni]. The normalized spacial score (nSPS) is 2.27. The predicted octanol–water partition coefficient (Wildman–Crippen LogP) is -4.04. The van der Waals surface area contributed by atoms with Gasteiger partial charge in [0.2, 0.25) is 0 Å². The van der Waals surface area contributed by atoms with E-state index in [1.165, 1.54) is 0 Å². The third-order valence-electron chi connectivity index (χ3n) is 0.